The lowest BCUT2D eigenvalue weighted by molar-refractivity contribution is 0.189. The third-order valence-corrected chi connectivity index (χ3v) is 2.97. The quantitative estimate of drug-likeness (QED) is 0.850. The zero-order chi connectivity index (χ0) is 13.2. The number of hydrogen-bond donors (Lipinski definition) is 2. The molecule has 2 rings (SSSR count). The molecule has 2 N–H and O–H groups in total. The number of aromatic nitrogens is 1. The maximum absolute atomic E-state index is 9.15. The number of fused-ring (bicyclic) bond motifs is 1. The van der Waals surface area contributed by atoms with Crippen LogP contribution in [0.5, 0.6) is 0 Å². The molecule has 0 bridgehead atoms. The zero-order valence-corrected chi connectivity index (χ0v) is 11.2. The Hall–Kier alpha value is -1.39. The molecule has 4 nitrogen and oxygen atoms in total. The monoisotopic (exact) mass is 248 g/mol. The maximum atomic E-state index is 9.15. The molecule has 0 atom stereocenters. The van der Waals surface area contributed by atoms with E-state index >= 15 is 0 Å². The van der Waals surface area contributed by atoms with Crippen LogP contribution in [0.3, 0.4) is 0 Å². The van der Waals surface area contributed by atoms with Crippen LogP contribution >= 0.6 is 0 Å². The van der Waals surface area contributed by atoms with Gasteiger partial charge in [0.05, 0.1) is 6.61 Å². The second kappa shape index (κ2) is 5.08. The summed E-state index contributed by atoms with van der Waals surface area (Å²) in [5, 5.41) is 12.5. The van der Waals surface area contributed by atoms with E-state index in [0.717, 1.165) is 24.1 Å². The molecular formula is C14H20N2O2. The molecule has 1 heterocycles. The molecule has 98 valence electrons. The number of aliphatic hydroxyl groups excluding tert-OH is 1. The van der Waals surface area contributed by atoms with Crippen molar-refractivity contribution in [3.8, 4) is 0 Å². The summed E-state index contributed by atoms with van der Waals surface area (Å²) in [6.07, 6.45) is 0.908. The minimum absolute atomic E-state index is 0.133. The molecule has 0 amide bonds. The highest BCUT2D eigenvalue weighted by atomic mass is 16.3. The Balaban J connectivity index is 1.99. The van der Waals surface area contributed by atoms with E-state index in [1.54, 1.807) is 0 Å². The number of benzene rings is 1. The lowest BCUT2D eigenvalue weighted by atomic mass is 10.1. The van der Waals surface area contributed by atoms with Gasteiger partial charge in [0.1, 0.15) is 5.52 Å². The lowest BCUT2D eigenvalue weighted by Crippen LogP contribution is -2.43. The molecule has 0 saturated carbocycles. The number of oxazole rings is 1. The summed E-state index contributed by atoms with van der Waals surface area (Å²) in [5.74, 6) is 0.696. The third kappa shape index (κ3) is 3.09. The minimum Gasteiger partial charge on any atom is -0.441 e. The van der Waals surface area contributed by atoms with Gasteiger partial charge >= 0.3 is 0 Å². The zero-order valence-electron chi connectivity index (χ0n) is 11.2. The average molecular weight is 248 g/mol. The first-order chi connectivity index (χ1) is 8.50. The molecule has 0 aliphatic heterocycles. The first-order valence-corrected chi connectivity index (χ1v) is 6.22. The average Bonchev–Trinajstić information content (AvgIpc) is 2.68. The van der Waals surface area contributed by atoms with Crippen molar-refractivity contribution >= 4 is 11.1 Å². The highest BCUT2D eigenvalue weighted by Crippen LogP contribution is 2.17. The van der Waals surface area contributed by atoms with Gasteiger partial charge in [-0.3, -0.25) is 0 Å². The molecule has 0 saturated heterocycles. The Morgan fingerprint density at radius 2 is 2.17 bits per heavy atom. The van der Waals surface area contributed by atoms with Crippen molar-refractivity contribution in [2.75, 3.05) is 13.2 Å². The van der Waals surface area contributed by atoms with Crippen LogP contribution in [-0.4, -0.2) is 28.8 Å². The number of aliphatic hydroxyl groups is 1. The van der Waals surface area contributed by atoms with Crippen LogP contribution in [0.2, 0.25) is 0 Å². The second-order valence-electron chi connectivity index (χ2n) is 5.25. The predicted molar refractivity (Wildman–Crippen MR) is 71.6 cm³/mol. The normalized spacial score (nSPS) is 12.2. The molecule has 0 spiro atoms. The van der Waals surface area contributed by atoms with E-state index in [0.29, 0.717) is 5.89 Å². The molecule has 0 fully saturated rings. The van der Waals surface area contributed by atoms with Crippen molar-refractivity contribution in [1.29, 1.82) is 0 Å². The summed E-state index contributed by atoms with van der Waals surface area (Å²) in [7, 11) is 0. The number of hydrogen-bond acceptors (Lipinski definition) is 4. The van der Waals surface area contributed by atoms with Crippen molar-refractivity contribution in [2.24, 2.45) is 0 Å². The summed E-state index contributed by atoms with van der Waals surface area (Å²) in [6.45, 7) is 6.78. The van der Waals surface area contributed by atoms with Gasteiger partial charge in [-0.15, -0.1) is 0 Å². The van der Waals surface area contributed by atoms with Gasteiger partial charge in [0.25, 0.3) is 0 Å². The number of aryl methyl sites for hydroxylation is 1. The molecular weight excluding hydrogens is 228 g/mol. The molecule has 18 heavy (non-hydrogen) atoms. The van der Waals surface area contributed by atoms with Gasteiger partial charge in [-0.2, -0.15) is 0 Å². The smallest absolute Gasteiger partial charge is 0.192 e. The van der Waals surface area contributed by atoms with E-state index in [1.807, 2.05) is 26.8 Å². The minimum atomic E-state index is -0.228. The highest BCUT2D eigenvalue weighted by molar-refractivity contribution is 5.73. The Morgan fingerprint density at radius 1 is 1.39 bits per heavy atom. The number of rotatable bonds is 5. The van der Waals surface area contributed by atoms with Gasteiger partial charge < -0.3 is 14.8 Å². The molecule has 2 aromatic rings. The van der Waals surface area contributed by atoms with E-state index < -0.39 is 0 Å². The van der Waals surface area contributed by atoms with Crippen molar-refractivity contribution in [3.05, 3.63) is 29.7 Å². The Kier molecular flexibility index (Phi) is 3.68. The van der Waals surface area contributed by atoms with E-state index in [1.165, 1.54) is 5.56 Å². The molecule has 4 heteroatoms. The van der Waals surface area contributed by atoms with Gasteiger partial charge in [0.15, 0.2) is 11.5 Å². The fourth-order valence-electron chi connectivity index (χ4n) is 1.84. The van der Waals surface area contributed by atoms with Gasteiger partial charge in [0.2, 0.25) is 0 Å². The standard InChI is InChI=1S/C14H20N2O2/c1-10-16-12-8-11(4-5-13(12)18-10)6-7-15-14(2,3)9-17/h4-5,8,15,17H,6-7,9H2,1-3H3. The fourth-order valence-corrected chi connectivity index (χ4v) is 1.84. The Morgan fingerprint density at radius 3 is 2.89 bits per heavy atom. The predicted octanol–water partition coefficient (Wildman–Crippen LogP) is 2.04. The van der Waals surface area contributed by atoms with Crippen molar-refractivity contribution < 1.29 is 9.52 Å². The molecule has 0 radical (unpaired) electrons. The van der Waals surface area contributed by atoms with Gasteiger partial charge in [0, 0.05) is 12.5 Å². The van der Waals surface area contributed by atoms with Crippen molar-refractivity contribution in [2.45, 2.75) is 32.7 Å². The van der Waals surface area contributed by atoms with Crippen LogP contribution in [0.4, 0.5) is 0 Å². The SMILES string of the molecule is Cc1nc2cc(CCNC(C)(C)CO)ccc2o1. The highest BCUT2D eigenvalue weighted by Gasteiger charge is 2.14. The fraction of sp³-hybridized carbons (Fsp3) is 0.500. The third-order valence-electron chi connectivity index (χ3n) is 2.97. The van der Waals surface area contributed by atoms with Crippen LogP contribution in [0, 0.1) is 6.92 Å². The largest absolute Gasteiger partial charge is 0.441 e. The summed E-state index contributed by atoms with van der Waals surface area (Å²) < 4.78 is 5.44. The van der Waals surface area contributed by atoms with Gasteiger partial charge in [-0.1, -0.05) is 6.07 Å². The van der Waals surface area contributed by atoms with E-state index in [2.05, 4.69) is 22.4 Å². The molecule has 1 aromatic heterocycles. The summed E-state index contributed by atoms with van der Waals surface area (Å²) in [4.78, 5) is 4.32. The van der Waals surface area contributed by atoms with E-state index in [9.17, 15) is 0 Å². The van der Waals surface area contributed by atoms with E-state index in [-0.39, 0.29) is 12.1 Å². The van der Waals surface area contributed by atoms with Crippen molar-refractivity contribution in [1.82, 2.24) is 10.3 Å². The van der Waals surface area contributed by atoms with Crippen LogP contribution in [0.15, 0.2) is 22.6 Å². The molecule has 1 aromatic carbocycles. The maximum Gasteiger partial charge on any atom is 0.192 e. The van der Waals surface area contributed by atoms with E-state index in [4.69, 9.17) is 9.52 Å². The first kappa shape index (κ1) is 13.1. The van der Waals surface area contributed by atoms with Crippen LogP contribution < -0.4 is 5.32 Å². The van der Waals surface area contributed by atoms with Crippen LogP contribution in [0.1, 0.15) is 25.3 Å². The molecule has 0 aliphatic rings. The summed E-state index contributed by atoms with van der Waals surface area (Å²) in [6, 6.07) is 6.07. The summed E-state index contributed by atoms with van der Waals surface area (Å²) in [5.41, 5.74) is 2.73. The Labute approximate surface area is 107 Å². The topological polar surface area (TPSA) is 58.3 Å². The summed E-state index contributed by atoms with van der Waals surface area (Å²) >= 11 is 0. The van der Waals surface area contributed by atoms with Crippen LogP contribution in [0.25, 0.3) is 11.1 Å². The van der Waals surface area contributed by atoms with Gasteiger partial charge in [-0.05, 0) is 44.5 Å². The van der Waals surface area contributed by atoms with Gasteiger partial charge in [-0.25, -0.2) is 4.98 Å². The Bertz CT molecular complexity index is 532. The van der Waals surface area contributed by atoms with Crippen molar-refractivity contribution in [3.63, 3.8) is 0 Å². The second-order valence-corrected chi connectivity index (χ2v) is 5.25. The molecule has 0 unspecified atom stereocenters. The number of nitrogens with one attached hydrogen (secondary N) is 1. The lowest BCUT2D eigenvalue weighted by Gasteiger charge is -2.23. The first-order valence-electron chi connectivity index (χ1n) is 6.22. The van der Waals surface area contributed by atoms with Crippen LogP contribution in [-0.2, 0) is 6.42 Å². The number of nitrogens with zero attached hydrogens (tertiary/aromatic N) is 1. The molecule has 0 aliphatic carbocycles.